The van der Waals surface area contributed by atoms with Crippen LogP contribution < -0.4 is 16.8 Å². The topological polar surface area (TPSA) is 107 Å². The van der Waals surface area contributed by atoms with E-state index >= 15 is 0 Å². The Morgan fingerprint density at radius 2 is 2.29 bits per heavy atom. The molecular formula is C13H17ClFN5O. The highest BCUT2D eigenvalue weighted by Gasteiger charge is 2.54. The van der Waals surface area contributed by atoms with E-state index in [-0.39, 0.29) is 40.8 Å². The molecule has 3 unspecified atom stereocenters. The summed E-state index contributed by atoms with van der Waals surface area (Å²) >= 11 is 5.70. The zero-order chi connectivity index (χ0) is 15.1. The van der Waals surface area contributed by atoms with Crippen molar-refractivity contribution in [1.82, 2.24) is 9.97 Å². The van der Waals surface area contributed by atoms with Crippen molar-refractivity contribution in [3.8, 4) is 0 Å². The summed E-state index contributed by atoms with van der Waals surface area (Å²) in [4.78, 5) is 19.2. The zero-order valence-electron chi connectivity index (χ0n) is 11.3. The molecule has 6 nitrogen and oxygen atoms in total. The van der Waals surface area contributed by atoms with Crippen molar-refractivity contribution in [1.29, 1.82) is 0 Å². The molecule has 0 radical (unpaired) electrons. The fourth-order valence-electron chi connectivity index (χ4n) is 3.98. The largest absolute Gasteiger partial charge is 0.369 e. The van der Waals surface area contributed by atoms with E-state index < -0.39 is 5.82 Å². The monoisotopic (exact) mass is 313 g/mol. The van der Waals surface area contributed by atoms with Gasteiger partial charge in [0.25, 0.3) is 0 Å². The molecular weight excluding hydrogens is 297 g/mol. The third-order valence-electron chi connectivity index (χ3n) is 4.79. The first-order valence-electron chi connectivity index (χ1n) is 6.95. The van der Waals surface area contributed by atoms with Crippen molar-refractivity contribution >= 4 is 23.3 Å². The highest BCUT2D eigenvalue weighted by Crippen LogP contribution is 2.52. The smallest absolute Gasteiger partial charge is 0.224 e. The van der Waals surface area contributed by atoms with Gasteiger partial charge < -0.3 is 16.8 Å². The molecule has 2 bridgehead atoms. The maximum absolute atomic E-state index is 13.8. The number of nitrogens with one attached hydrogen (secondary N) is 1. The zero-order valence-corrected chi connectivity index (χ0v) is 12.1. The summed E-state index contributed by atoms with van der Waals surface area (Å²) in [5.74, 6) is -0.556. The van der Waals surface area contributed by atoms with Crippen LogP contribution in [0.15, 0.2) is 6.20 Å². The molecule has 1 heterocycles. The van der Waals surface area contributed by atoms with Crippen molar-refractivity contribution < 1.29 is 9.18 Å². The van der Waals surface area contributed by atoms with Gasteiger partial charge >= 0.3 is 0 Å². The van der Waals surface area contributed by atoms with Crippen molar-refractivity contribution in [3.05, 3.63) is 17.3 Å². The lowest BCUT2D eigenvalue weighted by molar-refractivity contribution is -0.123. The van der Waals surface area contributed by atoms with Gasteiger partial charge in [0.2, 0.25) is 11.2 Å². The molecule has 0 aromatic carbocycles. The fourth-order valence-corrected chi connectivity index (χ4v) is 4.11. The quantitative estimate of drug-likeness (QED) is 0.712. The normalized spacial score (nSPS) is 34.1. The van der Waals surface area contributed by atoms with E-state index in [9.17, 15) is 9.18 Å². The standard InChI is InChI=1S/C13H17ClFN5O/c14-13-18-4-8(15)12(20-13)19-10-7-2-5(1-6(7)3-16)9(10)11(17)21/h4-7,9-10H,1-3,16H2,(H2,17,21)(H,18,19,20)/t5?,6?,7?,9-,10+/m0/s1. The molecule has 1 aromatic rings. The molecule has 5 N–H and O–H groups in total. The highest BCUT2D eigenvalue weighted by atomic mass is 35.5. The Kier molecular flexibility index (Phi) is 3.71. The van der Waals surface area contributed by atoms with Gasteiger partial charge in [-0.1, -0.05) is 0 Å². The third kappa shape index (κ3) is 2.44. The van der Waals surface area contributed by atoms with Crippen molar-refractivity contribution in [2.75, 3.05) is 11.9 Å². The molecule has 114 valence electrons. The molecule has 1 amide bonds. The number of primary amides is 1. The van der Waals surface area contributed by atoms with E-state index in [2.05, 4.69) is 15.3 Å². The van der Waals surface area contributed by atoms with Crippen molar-refractivity contribution in [2.24, 2.45) is 35.1 Å². The summed E-state index contributed by atoms with van der Waals surface area (Å²) in [5.41, 5.74) is 11.3. The molecule has 0 aliphatic heterocycles. The summed E-state index contributed by atoms with van der Waals surface area (Å²) in [5, 5.41) is 2.96. The van der Waals surface area contributed by atoms with Gasteiger partial charge in [-0.2, -0.15) is 4.98 Å². The van der Waals surface area contributed by atoms with E-state index in [0.29, 0.717) is 12.5 Å². The number of fused-ring (bicyclic) bond motifs is 2. The first kappa shape index (κ1) is 14.5. The second-order valence-electron chi connectivity index (χ2n) is 5.82. The van der Waals surface area contributed by atoms with Crippen LogP contribution in [0.4, 0.5) is 10.2 Å². The Morgan fingerprint density at radius 3 is 2.95 bits per heavy atom. The Balaban J connectivity index is 1.88. The number of rotatable bonds is 4. The number of carbonyl (C=O) groups excluding carboxylic acids is 1. The van der Waals surface area contributed by atoms with Gasteiger partial charge in [-0.15, -0.1) is 0 Å². The first-order valence-corrected chi connectivity index (χ1v) is 7.33. The molecule has 3 rings (SSSR count). The predicted molar refractivity (Wildman–Crippen MR) is 75.9 cm³/mol. The van der Waals surface area contributed by atoms with Crippen LogP contribution in [0.3, 0.4) is 0 Å². The fraction of sp³-hybridized carbons (Fsp3) is 0.615. The van der Waals surface area contributed by atoms with Gasteiger partial charge in [0.15, 0.2) is 11.6 Å². The average Bonchev–Trinajstić information content (AvgIpc) is 3.00. The lowest BCUT2D eigenvalue weighted by Crippen LogP contribution is -2.46. The second-order valence-corrected chi connectivity index (χ2v) is 6.16. The van der Waals surface area contributed by atoms with Crippen LogP contribution in [0.25, 0.3) is 0 Å². The number of aromatic nitrogens is 2. The molecule has 2 aliphatic carbocycles. The molecule has 8 heteroatoms. The van der Waals surface area contributed by atoms with Gasteiger partial charge in [0.1, 0.15) is 0 Å². The molecule has 0 spiro atoms. The van der Waals surface area contributed by atoms with Gasteiger partial charge in [0, 0.05) is 6.04 Å². The van der Waals surface area contributed by atoms with Gasteiger partial charge in [-0.05, 0) is 48.7 Å². The molecule has 2 aliphatic rings. The summed E-state index contributed by atoms with van der Waals surface area (Å²) in [6.07, 6.45) is 2.79. The second kappa shape index (κ2) is 5.38. The number of carbonyl (C=O) groups is 1. The summed E-state index contributed by atoms with van der Waals surface area (Å²) in [6.45, 7) is 0.553. The van der Waals surface area contributed by atoms with Crippen molar-refractivity contribution in [3.63, 3.8) is 0 Å². The number of anilines is 1. The predicted octanol–water partition coefficient (Wildman–Crippen LogP) is 0.766. The van der Waals surface area contributed by atoms with Crippen LogP contribution in [0, 0.1) is 29.5 Å². The minimum atomic E-state index is -0.602. The maximum Gasteiger partial charge on any atom is 0.224 e. The number of halogens is 2. The van der Waals surface area contributed by atoms with Crippen LogP contribution in [-0.4, -0.2) is 28.5 Å². The van der Waals surface area contributed by atoms with Crippen LogP contribution in [0.5, 0.6) is 0 Å². The summed E-state index contributed by atoms with van der Waals surface area (Å²) in [7, 11) is 0. The molecule has 1 aromatic heterocycles. The average molecular weight is 314 g/mol. The van der Waals surface area contributed by atoms with Crippen LogP contribution in [0.2, 0.25) is 5.28 Å². The SMILES string of the molecule is NCC1CC2CC1[C@@H](Nc1nc(Cl)ncc1F)[C@H]2C(N)=O. The lowest BCUT2D eigenvalue weighted by Gasteiger charge is -2.34. The van der Waals surface area contributed by atoms with E-state index in [4.69, 9.17) is 23.1 Å². The Morgan fingerprint density at radius 1 is 1.52 bits per heavy atom. The van der Waals surface area contributed by atoms with E-state index in [1.807, 2.05) is 0 Å². The van der Waals surface area contributed by atoms with Gasteiger partial charge in [-0.3, -0.25) is 4.79 Å². The maximum atomic E-state index is 13.8. The number of nitrogens with two attached hydrogens (primary N) is 2. The number of amides is 1. The number of nitrogens with zero attached hydrogens (tertiary/aromatic N) is 2. The van der Waals surface area contributed by atoms with Gasteiger partial charge in [-0.25, -0.2) is 9.37 Å². The minimum Gasteiger partial charge on any atom is -0.369 e. The van der Waals surface area contributed by atoms with Gasteiger partial charge in [0.05, 0.1) is 12.1 Å². The number of hydrogen-bond donors (Lipinski definition) is 3. The lowest BCUT2D eigenvalue weighted by atomic mass is 9.78. The first-order chi connectivity index (χ1) is 10.0. The Labute approximate surface area is 126 Å². The number of hydrogen-bond acceptors (Lipinski definition) is 5. The Bertz CT molecular complexity index is 571. The van der Waals surface area contributed by atoms with Crippen LogP contribution >= 0.6 is 11.6 Å². The van der Waals surface area contributed by atoms with E-state index in [1.54, 1.807) is 0 Å². The highest BCUT2D eigenvalue weighted by molar-refractivity contribution is 6.28. The molecule has 5 atom stereocenters. The molecule has 2 saturated carbocycles. The molecule has 21 heavy (non-hydrogen) atoms. The molecule has 0 saturated heterocycles. The minimum absolute atomic E-state index is 0.00886. The molecule has 2 fully saturated rings. The summed E-state index contributed by atoms with van der Waals surface area (Å²) in [6, 6.07) is -0.254. The van der Waals surface area contributed by atoms with E-state index in [1.165, 1.54) is 0 Å². The summed E-state index contributed by atoms with van der Waals surface area (Å²) < 4.78 is 13.8. The van der Waals surface area contributed by atoms with Crippen molar-refractivity contribution in [2.45, 2.75) is 18.9 Å². The van der Waals surface area contributed by atoms with E-state index in [0.717, 1.165) is 19.0 Å². The van der Waals surface area contributed by atoms with Crippen LogP contribution in [-0.2, 0) is 4.79 Å². The Hall–Kier alpha value is -1.47. The third-order valence-corrected chi connectivity index (χ3v) is 4.97. The van der Waals surface area contributed by atoms with Crippen LogP contribution in [0.1, 0.15) is 12.8 Å².